The van der Waals surface area contributed by atoms with Crippen LogP contribution in [-0.2, 0) is 4.74 Å². The van der Waals surface area contributed by atoms with Gasteiger partial charge in [-0.05, 0) is 30.7 Å². The number of halogens is 1. The second-order valence-electron chi connectivity index (χ2n) is 7.62. The number of nitrogens with zero attached hydrogens (tertiary/aromatic N) is 6. The van der Waals surface area contributed by atoms with Crippen molar-refractivity contribution in [1.82, 2.24) is 24.3 Å². The van der Waals surface area contributed by atoms with Crippen molar-refractivity contribution in [3.8, 4) is 0 Å². The Labute approximate surface area is 189 Å². The zero-order valence-corrected chi connectivity index (χ0v) is 18.5. The fraction of sp³-hybridized carbons (Fsp3) is 0.273. The number of anilines is 3. The molecule has 4 heterocycles. The van der Waals surface area contributed by atoms with Gasteiger partial charge < -0.3 is 19.9 Å². The van der Waals surface area contributed by atoms with E-state index >= 15 is 0 Å². The minimum Gasteiger partial charge on any atom is -0.453 e. The third kappa shape index (κ3) is 3.54. The summed E-state index contributed by atoms with van der Waals surface area (Å²) in [5, 5.41) is 4.00. The number of pyridine rings is 1. The number of hydrogen-bond acceptors (Lipinski definition) is 7. The van der Waals surface area contributed by atoms with Crippen LogP contribution in [-0.4, -0.2) is 63.6 Å². The average Bonchev–Trinajstić information content (AvgIpc) is 3.31. The number of aryl methyl sites for hydroxylation is 1. The number of carbonyl (C=O) groups is 1. The van der Waals surface area contributed by atoms with Crippen molar-refractivity contribution in [3.05, 3.63) is 53.4 Å². The number of ether oxygens (including phenoxy) is 1. The largest absolute Gasteiger partial charge is 0.453 e. The highest BCUT2D eigenvalue weighted by Crippen LogP contribution is 2.31. The minimum absolute atomic E-state index is 0.297. The first kappa shape index (κ1) is 20.3. The van der Waals surface area contributed by atoms with Gasteiger partial charge in [0.1, 0.15) is 23.2 Å². The van der Waals surface area contributed by atoms with Gasteiger partial charge in [0, 0.05) is 26.2 Å². The lowest BCUT2D eigenvalue weighted by Gasteiger charge is -2.34. The first-order chi connectivity index (χ1) is 15.5. The van der Waals surface area contributed by atoms with Crippen LogP contribution in [0.3, 0.4) is 0 Å². The summed E-state index contributed by atoms with van der Waals surface area (Å²) in [5.41, 5.74) is 4.09. The van der Waals surface area contributed by atoms with Crippen molar-refractivity contribution in [2.24, 2.45) is 0 Å². The number of nitrogens with one attached hydrogen (secondary N) is 1. The number of amides is 1. The van der Waals surface area contributed by atoms with E-state index in [0.717, 1.165) is 28.1 Å². The molecule has 0 aliphatic carbocycles. The van der Waals surface area contributed by atoms with E-state index in [1.807, 2.05) is 41.7 Å². The Hall–Kier alpha value is -3.59. The van der Waals surface area contributed by atoms with E-state index in [2.05, 4.69) is 15.2 Å². The van der Waals surface area contributed by atoms with E-state index in [9.17, 15) is 4.79 Å². The Balaban J connectivity index is 1.49. The molecule has 0 saturated carbocycles. The topological polar surface area (TPSA) is 87.9 Å². The van der Waals surface area contributed by atoms with E-state index < -0.39 is 0 Å². The molecule has 3 aromatic heterocycles. The van der Waals surface area contributed by atoms with E-state index in [1.54, 1.807) is 17.4 Å². The molecule has 1 N–H and O–H groups in total. The van der Waals surface area contributed by atoms with Crippen LogP contribution in [0, 0.1) is 6.92 Å². The van der Waals surface area contributed by atoms with Gasteiger partial charge in [0.25, 0.3) is 0 Å². The van der Waals surface area contributed by atoms with E-state index in [0.29, 0.717) is 42.7 Å². The number of hydrogen-bond donors (Lipinski definition) is 1. The summed E-state index contributed by atoms with van der Waals surface area (Å²) >= 11 is 6.41. The molecule has 32 heavy (non-hydrogen) atoms. The molecule has 1 amide bonds. The quantitative estimate of drug-likeness (QED) is 0.505. The van der Waals surface area contributed by atoms with Crippen molar-refractivity contribution in [3.63, 3.8) is 0 Å². The number of aromatic nitrogens is 4. The molecule has 1 fully saturated rings. The van der Waals surface area contributed by atoms with Gasteiger partial charge in [-0.15, -0.1) is 0 Å². The molecule has 1 saturated heterocycles. The Morgan fingerprint density at radius 1 is 1.12 bits per heavy atom. The second kappa shape index (κ2) is 8.16. The molecule has 1 aromatic carbocycles. The average molecular weight is 452 g/mol. The first-order valence-corrected chi connectivity index (χ1v) is 10.7. The molecule has 0 radical (unpaired) electrons. The fourth-order valence-electron chi connectivity index (χ4n) is 3.94. The number of piperazine rings is 1. The van der Waals surface area contributed by atoms with Gasteiger partial charge in [-0.1, -0.05) is 23.7 Å². The summed E-state index contributed by atoms with van der Waals surface area (Å²) in [6.07, 6.45) is 3.19. The highest BCUT2D eigenvalue weighted by atomic mass is 35.5. The van der Waals surface area contributed by atoms with E-state index in [1.165, 1.54) is 7.11 Å². The maximum atomic E-state index is 11.7. The van der Waals surface area contributed by atoms with Crippen LogP contribution in [0.2, 0.25) is 5.02 Å². The maximum absolute atomic E-state index is 11.7. The number of methoxy groups -OCH3 is 1. The van der Waals surface area contributed by atoms with Crippen molar-refractivity contribution in [2.45, 2.75) is 6.92 Å². The molecular formula is C22H22ClN7O2. The normalized spacial score (nSPS) is 14.2. The van der Waals surface area contributed by atoms with Crippen molar-refractivity contribution >= 4 is 51.7 Å². The molecule has 0 unspecified atom stereocenters. The predicted molar refractivity (Wildman–Crippen MR) is 124 cm³/mol. The number of para-hydroxylation sites is 1. The summed E-state index contributed by atoms with van der Waals surface area (Å²) in [6, 6.07) is 9.67. The van der Waals surface area contributed by atoms with Gasteiger partial charge in [-0.2, -0.15) is 0 Å². The van der Waals surface area contributed by atoms with Crippen LogP contribution < -0.4 is 10.2 Å². The van der Waals surface area contributed by atoms with Gasteiger partial charge in [-0.3, -0.25) is 4.40 Å². The number of carbonyl (C=O) groups excluding carboxylic acids is 1. The SMILES string of the molecule is COC(=O)N1CCN(c2ccc3nc(Nc4c(C)cccc4Cl)c4cncn4c3n2)CC1. The molecule has 164 valence electrons. The molecule has 1 aliphatic rings. The van der Waals surface area contributed by atoms with Gasteiger partial charge in [0.05, 0.1) is 24.0 Å². The van der Waals surface area contributed by atoms with Crippen LogP contribution in [0.25, 0.3) is 16.7 Å². The van der Waals surface area contributed by atoms with Gasteiger partial charge in [-0.25, -0.2) is 19.7 Å². The van der Waals surface area contributed by atoms with Crippen LogP contribution in [0.1, 0.15) is 5.56 Å². The Morgan fingerprint density at radius 2 is 1.94 bits per heavy atom. The molecule has 0 atom stereocenters. The monoisotopic (exact) mass is 451 g/mol. The first-order valence-electron chi connectivity index (χ1n) is 10.3. The van der Waals surface area contributed by atoms with Crippen LogP contribution in [0.5, 0.6) is 0 Å². The van der Waals surface area contributed by atoms with E-state index in [-0.39, 0.29) is 6.09 Å². The molecule has 0 bridgehead atoms. The van der Waals surface area contributed by atoms with Crippen LogP contribution in [0.4, 0.5) is 22.1 Å². The number of fused-ring (bicyclic) bond motifs is 3. The molecule has 10 heteroatoms. The molecular weight excluding hydrogens is 430 g/mol. The Bertz CT molecular complexity index is 1290. The van der Waals surface area contributed by atoms with Crippen molar-refractivity contribution in [2.75, 3.05) is 43.5 Å². The molecule has 9 nitrogen and oxygen atoms in total. The lowest BCUT2D eigenvalue weighted by atomic mass is 10.2. The van der Waals surface area contributed by atoms with Crippen molar-refractivity contribution in [1.29, 1.82) is 0 Å². The zero-order chi connectivity index (χ0) is 22.2. The Morgan fingerprint density at radius 3 is 2.69 bits per heavy atom. The summed E-state index contributed by atoms with van der Waals surface area (Å²) in [4.78, 5) is 29.6. The van der Waals surface area contributed by atoms with Gasteiger partial charge in [0.2, 0.25) is 0 Å². The number of benzene rings is 1. The summed E-state index contributed by atoms with van der Waals surface area (Å²) in [7, 11) is 1.40. The standard InChI is InChI=1S/C22H22ClN7O2/c1-14-4-3-5-15(23)19(14)27-20-17-12-24-13-30(17)21-16(25-20)6-7-18(26-21)28-8-10-29(11-9-28)22(31)32-2/h3-7,12-13H,8-11H2,1-2H3,(H,25,27). The third-order valence-electron chi connectivity index (χ3n) is 5.68. The van der Waals surface area contributed by atoms with Crippen LogP contribution in [0.15, 0.2) is 42.9 Å². The Kier molecular flexibility index (Phi) is 5.18. The maximum Gasteiger partial charge on any atom is 0.409 e. The lowest BCUT2D eigenvalue weighted by Crippen LogP contribution is -2.49. The molecule has 5 rings (SSSR count). The van der Waals surface area contributed by atoms with E-state index in [4.69, 9.17) is 26.3 Å². The molecule has 1 aliphatic heterocycles. The molecule has 4 aromatic rings. The summed E-state index contributed by atoms with van der Waals surface area (Å²) < 4.78 is 6.74. The summed E-state index contributed by atoms with van der Waals surface area (Å²) in [5.74, 6) is 1.49. The highest BCUT2D eigenvalue weighted by Gasteiger charge is 2.23. The van der Waals surface area contributed by atoms with Crippen molar-refractivity contribution < 1.29 is 9.53 Å². The minimum atomic E-state index is -0.297. The lowest BCUT2D eigenvalue weighted by molar-refractivity contribution is 0.121. The number of imidazole rings is 1. The van der Waals surface area contributed by atoms with Crippen LogP contribution >= 0.6 is 11.6 Å². The fourth-order valence-corrected chi connectivity index (χ4v) is 4.21. The van der Waals surface area contributed by atoms with Gasteiger partial charge >= 0.3 is 6.09 Å². The number of rotatable bonds is 3. The second-order valence-corrected chi connectivity index (χ2v) is 8.03. The third-order valence-corrected chi connectivity index (χ3v) is 6.00. The highest BCUT2D eigenvalue weighted by molar-refractivity contribution is 6.33. The predicted octanol–water partition coefficient (Wildman–Crippen LogP) is 3.87. The smallest absolute Gasteiger partial charge is 0.409 e. The molecule has 0 spiro atoms. The zero-order valence-electron chi connectivity index (χ0n) is 17.7. The van der Waals surface area contributed by atoms with Gasteiger partial charge in [0.15, 0.2) is 11.5 Å². The summed E-state index contributed by atoms with van der Waals surface area (Å²) in [6.45, 7) is 4.53.